The molecule has 1 aromatic carbocycles. The number of hydrogen-bond donors (Lipinski definition) is 1. The second-order valence-corrected chi connectivity index (χ2v) is 6.79. The number of pyridine rings is 1. The zero-order valence-corrected chi connectivity index (χ0v) is 14.3. The van der Waals surface area contributed by atoms with Crippen molar-refractivity contribution >= 4 is 35.1 Å². The first-order chi connectivity index (χ1) is 11.8. The Morgan fingerprint density at radius 1 is 1.28 bits per heavy atom. The maximum atomic E-state index is 13.0. The van der Waals surface area contributed by atoms with Gasteiger partial charge >= 0.3 is 6.18 Å². The van der Waals surface area contributed by atoms with Crippen LogP contribution in [0.4, 0.5) is 19.0 Å². The van der Waals surface area contributed by atoms with Crippen LogP contribution in [0.2, 0.25) is 5.02 Å². The van der Waals surface area contributed by atoms with Crippen LogP contribution in [0.3, 0.4) is 0 Å². The Kier molecular flexibility index (Phi) is 4.95. The van der Waals surface area contributed by atoms with E-state index in [4.69, 9.17) is 11.6 Å². The fourth-order valence-electron chi connectivity index (χ4n) is 2.44. The Morgan fingerprint density at radius 3 is 2.72 bits per heavy atom. The van der Waals surface area contributed by atoms with Gasteiger partial charge in [-0.15, -0.1) is 11.8 Å². The molecule has 1 N–H and O–H groups in total. The van der Waals surface area contributed by atoms with Gasteiger partial charge in [-0.2, -0.15) is 13.2 Å². The molecule has 132 valence electrons. The molecule has 2 aromatic rings. The number of halogens is 4. The van der Waals surface area contributed by atoms with Gasteiger partial charge in [-0.25, -0.2) is 4.98 Å². The van der Waals surface area contributed by atoms with Crippen LogP contribution in [0, 0.1) is 0 Å². The molecule has 0 saturated heterocycles. The molecular weight excluding hydrogens is 377 g/mol. The number of amides is 1. The van der Waals surface area contributed by atoms with Gasteiger partial charge in [0.05, 0.1) is 40.1 Å². The Bertz CT molecular complexity index is 830. The number of nitrogens with zero attached hydrogens (tertiary/aromatic N) is 2. The van der Waals surface area contributed by atoms with Gasteiger partial charge in [-0.3, -0.25) is 9.69 Å². The highest BCUT2D eigenvalue weighted by Gasteiger charge is 2.34. The lowest BCUT2D eigenvalue weighted by molar-refractivity contribution is -0.137. The smallest absolute Gasteiger partial charge is 0.390 e. The molecule has 25 heavy (non-hydrogen) atoms. The van der Waals surface area contributed by atoms with E-state index in [1.54, 1.807) is 12.1 Å². The molecule has 0 fully saturated rings. The first-order valence-electron chi connectivity index (χ1n) is 7.19. The minimum atomic E-state index is -4.57. The van der Waals surface area contributed by atoms with Crippen molar-refractivity contribution in [2.24, 2.45) is 0 Å². The standard InChI is InChI=1S/C16H12ClF3N2O2S/c17-12-3-1-9(5-11(12)16(18,19)20)6-22-14(24)8-25-13-4-2-10(7-23)21-15(13)22/h1-5,23H,6-8H2. The third kappa shape index (κ3) is 3.75. The Labute approximate surface area is 150 Å². The third-order valence-corrected chi connectivity index (χ3v) is 4.99. The molecule has 4 nitrogen and oxygen atoms in total. The molecule has 1 aliphatic heterocycles. The lowest BCUT2D eigenvalue weighted by Gasteiger charge is -2.28. The summed E-state index contributed by atoms with van der Waals surface area (Å²) in [6.45, 7) is -0.354. The van der Waals surface area contributed by atoms with Crippen molar-refractivity contribution in [3.63, 3.8) is 0 Å². The summed E-state index contributed by atoms with van der Waals surface area (Å²) in [7, 11) is 0. The second-order valence-electron chi connectivity index (χ2n) is 5.36. The molecular formula is C16H12ClF3N2O2S. The maximum absolute atomic E-state index is 13.0. The Balaban J connectivity index is 1.97. The van der Waals surface area contributed by atoms with E-state index in [-0.39, 0.29) is 24.8 Å². The number of alkyl halides is 3. The van der Waals surface area contributed by atoms with Crippen molar-refractivity contribution in [2.75, 3.05) is 10.7 Å². The summed E-state index contributed by atoms with van der Waals surface area (Å²) in [5.41, 5.74) is -0.270. The normalized spacial score (nSPS) is 14.6. The summed E-state index contributed by atoms with van der Waals surface area (Å²) in [6, 6.07) is 6.93. The SMILES string of the molecule is O=C1CSc2ccc(CO)nc2N1Cc1ccc(Cl)c(C(F)(F)F)c1. The Morgan fingerprint density at radius 2 is 2.04 bits per heavy atom. The summed E-state index contributed by atoms with van der Waals surface area (Å²) in [6.07, 6.45) is -4.57. The molecule has 2 heterocycles. The van der Waals surface area contributed by atoms with Gasteiger partial charge in [-0.05, 0) is 29.8 Å². The molecule has 0 aliphatic carbocycles. The van der Waals surface area contributed by atoms with Crippen LogP contribution >= 0.6 is 23.4 Å². The average molecular weight is 389 g/mol. The average Bonchev–Trinajstić information content (AvgIpc) is 2.57. The highest BCUT2D eigenvalue weighted by molar-refractivity contribution is 8.00. The molecule has 9 heteroatoms. The van der Waals surface area contributed by atoms with Crippen LogP contribution in [0.1, 0.15) is 16.8 Å². The number of thioether (sulfide) groups is 1. The molecule has 1 aliphatic rings. The predicted octanol–water partition coefficient (Wildman–Crippen LogP) is 3.89. The quantitative estimate of drug-likeness (QED) is 0.866. The van der Waals surface area contributed by atoms with Crippen LogP contribution in [-0.2, 0) is 24.1 Å². The van der Waals surface area contributed by atoms with Crippen molar-refractivity contribution in [3.8, 4) is 0 Å². The lowest BCUT2D eigenvalue weighted by Crippen LogP contribution is -2.35. The molecule has 0 unspecified atom stereocenters. The van der Waals surface area contributed by atoms with E-state index in [0.29, 0.717) is 17.1 Å². The van der Waals surface area contributed by atoms with Gasteiger partial charge < -0.3 is 5.11 Å². The van der Waals surface area contributed by atoms with E-state index in [1.165, 1.54) is 28.8 Å². The maximum Gasteiger partial charge on any atom is 0.417 e. The molecule has 1 aromatic heterocycles. The monoisotopic (exact) mass is 388 g/mol. The number of carbonyl (C=O) groups is 1. The van der Waals surface area contributed by atoms with Gasteiger partial charge in [0.15, 0.2) is 0 Å². The van der Waals surface area contributed by atoms with E-state index < -0.39 is 16.8 Å². The minimum Gasteiger partial charge on any atom is -0.390 e. The highest BCUT2D eigenvalue weighted by Crippen LogP contribution is 2.37. The third-order valence-electron chi connectivity index (χ3n) is 3.64. The van der Waals surface area contributed by atoms with Gasteiger partial charge in [-0.1, -0.05) is 17.7 Å². The lowest BCUT2D eigenvalue weighted by atomic mass is 10.1. The van der Waals surface area contributed by atoms with Crippen molar-refractivity contribution in [1.29, 1.82) is 0 Å². The summed E-state index contributed by atoms with van der Waals surface area (Å²) < 4.78 is 39.0. The van der Waals surface area contributed by atoms with E-state index in [2.05, 4.69) is 4.98 Å². The van der Waals surface area contributed by atoms with Gasteiger partial charge in [0.1, 0.15) is 5.82 Å². The summed E-state index contributed by atoms with van der Waals surface area (Å²) >= 11 is 6.93. The highest BCUT2D eigenvalue weighted by atomic mass is 35.5. The number of hydrogen-bond acceptors (Lipinski definition) is 4. The van der Waals surface area contributed by atoms with E-state index in [9.17, 15) is 23.1 Å². The van der Waals surface area contributed by atoms with Crippen LogP contribution < -0.4 is 4.90 Å². The summed E-state index contributed by atoms with van der Waals surface area (Å²) in [4.78, 5) is 18.6. The fourth-order valence-corrected chi connectivity index (χ4v) is 3.55. The molecule has 0 radical (unpaired) electrons. The predicted molar refractivity (Wildman–Crippen MR) is 88.5 cm³/mol. The van der Waals surface area contributed by atoms with Crippen LogP contribution in [0.15, 0.2) is 35.2 Å². The zero-order valence-electron chi connectivity index (χ0n) is 12.7. The molecule has 3 rings (SSSR count). The van der Waals surface area contributed by atoms with Gasteiger partial charge in [0.2, 0.25) is 5.91 Å². The van der Waals surface area contributed by atoms with E-state index in [1.807, 2.05) is 0 Å². The number of benzene rings is 1. The summed E-state index contributed by atoms with van der Waals surface area (Å²) in [5, 5.41) is 8.83. The number of aliphatic hydroxyl groups is 1. The van der Waals surface area contributed by atoms with Crippen molar-refractivity contribution < 1.29 is 23.1 Å². The molecule has 0 bridgehead atoms. The van der Waals surface area contributed by atoms with Crippen molar-refractivity contribution in [1.82, 2.24) is 4.98 Å². The number of rotatable bonds is 3. The first-order valence-corrected chi connectivity index (χ1v) is 8.55. The molecule has 0 saturated carbocycles. The number of anilines is 1. The van der Waals surface area contributed by atoms with Gasteiger partial charge in [0, 0.05) is 0 Å². The summed E-state index contributed by atoms with van der Waals surface area (Å²) in [5.74, 6) is 0.257. The minimum absolute atomic E-state index is 0.0610. The van der Waals surface area contributed by atoms with E-state index in [0.717, 1.165) is 11.0 Å². The number of carbonyl (C=O) groups excluding carboxylic acids is 1. The van der Waals surface area contributed by atoms with Crippen molar-refractivity contribution in [2.45, 2.75) is 24.2 Å². The zero-order chi connectivity index (χ0) is 18.2. The largest absolute Gasteiger partial charge is 0.417 e. The molecule has 1 amide bonds. The Hall–Kier alpha value is -1.77. The first kappa shape index (κ1) is 18.0. The number of aromatic nitrogens is 1. The molecule has 0 spiro atoms. The number of fused-ring (bicyclic) bond motifs is 1. The number of aliphatic hydroxyl groups excluding tert-OH is 1. The van der Waals surface area contributed by atoms with Crippen LogP contribution in [-0.4, -0.2) is 21.8 Å². The van der Waals surface area contributed by atoms with Crippen LogP contribution in [0.25, 0.3) is 0 Å². The topological polar surface area (TPSA) is 53.4 Å². The molecule has 0 atom stereocenters. The fraction of sp³-hybridized carbons (Fsp3) is 0.250. The van der Waals surface area contributed by atoms with E-state index >= 15 is 0 Å². The van der Waals surface area contributed by atoms with Crippen LogP contribution in [0.5, 0.6) is 0 Å². The van der Waals surface area contributed by atoms with Crippen molar-refractivity contribution in [3.05, 3.63) is 52.2 Å². The van der Waals surface area contributed by atoms with Gasteiger partial charge in [0.25, 0.3) is 0 Å². The second kappa shape index (κ2) is 6.86.